The normalized spacial score (nSPS) is 15.9. The summed E-state index contributed by atoms with van der Waals surface area (Å²) in [6.45, 7) is 13.7. The summed E-state index contributed by atoms with van der Waals surface area (Å²) in [4.78, 5) is 0. The van der Waals surface area contributed by atoms with Crippen LogP contribution in [0.2, 0.25) is 6.04 Å². The van der Waals surface area contributed by atoms with E-state index >= 15 is 0 Å². The van der Waals surface area contributed by atoms with Crippen LogP contribution in [0.15, 0.2) is 0 Å². The van der Waals surface area contributed by atoms with E-state index in [0.29, 0.717) is 5.88 Å². The summed E-state index contributed by atoms with van der Waals surface area (Å²) in [5, 5.41) is 0. The van der Waals surface area contributed by atoms with Gasteiger partial charge in [0.05, 0.1) is 0 Å². The molecule has 0 rings (SSSR count). The third-order valence-corrected chi connectivity index (χ3v) is 11.2. The molecule has 0 radical (unpaired) electrons. The van der Waals surface area contributed by atoms with Crippen LogP contribution in [0.1, 0.15) is 183 Å². The maximum absolute atomic E-state index is 7.09. The third kappa shape index (κ3) is 20.3. The molecule has 0 aliphatic rings. The van der Waals surface area contributed by atoms with Gasteiger partial charge in [0.2, 0.25) is 0 Å². The van der Waals surface area contributed by atoms with E-state index < -0.39 is 8.80 Å². The maximum atomic E-state index is 7.09. The number of alkyl halides is 1. The van der Waals surface area contributed by atoms with Crippen LogP contribution >= 0.6 is 11.6 Å². The van der Waals surface area contributed by atoms with Crippen molar-refractivity contribution in [1.82, 2.24) is 0 Å². The van der Waals surface area contributed by atoms with Crippen LogP contribution in [0.4, 0.5) is 0 Å². The molecule has 0 heterocycles. The largest absolute Gasteiger partial charge is 0.501 e. The topological polar surface area (TPSA) is 27.7 Å². The summed E-state index contributed by atoms with van der Waals surface area (Å²) in [5.41, 5.74) is 0. The SMILES string of the molecule is CCCCCCCC(CC)O[Si](CCCCl)(OC(CC)CCCCCCC)OC(CC)CCCCCCC. The average molecular weight is 577 g/mol. The molecule has 0 N–H and O–H groups in total. The van der Waals surface area contributed by atoms with Crippen LogP contribution in [0.5, 0.6) is 0 Å². The van der Waals surface area contributed by atoms with Gasteiger partial charge in [-0.3, -0.25) is 0 Å². The molecule has 0 aliphatic carbocycles. The van der Waals surface area contributed by atoms with E-state index in [0.717, 1.165) is 51.0 Å². The van der Waals surface area contributed by atoms with Crippen molar-refractivity contribution in [2.75, 3.05) is 5.88 Å². The first-order chi connectivity index (χ1) is 18.5. The number of halogens is 1. The number of rotatable bonds is 30. The zero-order chi connectivity index (χ0) is 28.3. The Balaban J connectivity index is 5.57. The first-order valence-corrected chi connectivity index (χ1v) is 19.6. The highest BCUT2D eigenvalue weighted by Crippen LogP contribution is 2.30. The first kappa shape index (κ1) is 38.4. The number of hydrogen-bond acceptors (Lipinski definition) is 3. The molecule has 0 saturated heterocycles. The minimum Gasteiger partial charge on any atom is -0.370 e. The Morgan fingerprint density at radius 2 is 0.763 bits per heavy atom. The summed E-state index contributed by atoms with van der Waals surface area (Å²) in [6, 6.07) is 0.849. The van der Waals surface area contributed by atoms with E-state index in [9.17, 15) is 0 Å². The monoisotopic (exact) mass is 576 g/mol. The van der Waals surface area contributed by atoms with Crippen molar-refractivity contribution in [2.45, 2.75) is 207 Å². The van der Waals surface area contributed by atoms with E-state index in [1.54, 1.807) is 0 Å². The molecule has 0 aliphatic heterocycles. The molecule has 0 bridgehead atoms. The van der Waals surface area contributed by atoms with Crippen LogP contribution in [-0.4, -0.2) is 33.0 Å². The van der Waals surface area contributed by atoms with E-state index in [4.69, 9.17) is 24.9 Å². The standard InChI is InChI=1S/C33H69ClO3Si/c1-7-13-16-19-22-26-31(10-4)35-38(30-25-29-34,36-32(11-5)27-23-20-17-14-8-2)37-33(12-6)28-24-21-18-15-9-3/h31-33H,7-30H2,1-6H3. The summed E-state index contributed by atoms with van der Waals surface area (Å²) < 4.78 is 21.3. The van der Waals surface area contributed by atoms with Gasteiger partial charge in [-0.2, -0.15) is 0 Å². The lowest BCUT2D eigenvalue weighted by atomic mass is 10.1. The molecule has 5 heteroatoms. The summed E-state index contributed by atoms with van der Waals surface area (Å²) in [6.07, 6.45) is 27.5. The second-order valence-corrected chi connectivity index (χ2v) is 14.5. The van der Waals surface area contributed by atoms with Crippen molar-refractivity contribution in [1.29, 1.82) is 0 Å². The third-order valence-electron chi connectivity index (χ3n) is 7.91. The quantitative estimate of drug-likeness (QED) is 0.0483. The molecule has 3 unspecified atom stereocenters. The van der Waals surface area contributed by atoms with Crippen LogP contribution in [0, 0.1) is 0 Å². The van der Waals surface area contributed by atoms with Crippen molar-refractivity contribution in [3.8, 4) is 0 Å². The number of unbranched alkanes of at least 4 members (excludes halogenated alkanes) is 12. The van der Waals surface area contributed by atoms with E-state index in [-0.39, 0.29) is 18.3 Å². The molecule has 0 saturated carbocycles. The zero-order valence-electron chi connectivity index (χ0n) is 26.8. The highest BCUT2D eigenvalue weighted by Gasteiger charge is 2.46. The Morgan fingerprint density at radius 3 is 1.03 bits per heavy atom. The minimum atomic E-state index is -2.88. The molecule has 3 nitrogen and oxygen atoms in total. The second-order valence-electron chi connectivity index (χ2n) is 11.5. The Bertz CT molecular complexity index is 419. The lowest BCUT2D eigenvalue weighted by Gasteiger charge is -2.38. The van der Waals surface area contributed by atoms with Crippen molar-refractivity contribution >= 4 is 20.4 Å². The van der Waals surface area contributed by atoms with E-state index in [1.807, 2.05) is 0 Å². The summed E-state index contributed by atoms with van der Waals surface area (Å²) in [5.74, 6) is 0.639. The Morgan fingerprint density at radius 1 is 0.447 bits per heavy atom. The zero-order valence-corrected chi connectivity index (χ0v) is 28.6. The molecule has 0 aromatic carbocycles. The van der Waals surface area contributed by atoms with E-state index in [2.05, 4.69) is 41.5 Å². The molecule has 0 fully saturated rings. The summed E-state index contributed by atoms with van der Waals surface area (Å²) in [7, 11) is -2.88. The molecular weight excluding hydrogens is 508 g/mol. The summed E-state index contributed by atoms with van der Waals surface area (Å²) >= 11 is 6.27. The average Bonchev–Trinajstić information content (AvgIpc) is 2.93. The highest BCUT2D eigenvalue weighted by atomic mass is 35.5. The highest BCUT2D eigenvalue weighted by molar-refractivity contribution is 6.61. The molecule has 230 valence electrons. The smallest absolute Gasteiger partial charge is 0.370 e. The van der Waals surface area contributed by atoms with Gasteiger partial charge >= 0.3 is 8.80 Å². The van der Waals surface area contributed by atoms with Gasteiger partial charge in [-0.05, 0) is 44.9 Å². The molecule has 0 aromatic rings. The van der Waals surface area contributed by atoms with Gasteiger partial charge in [0.1, 0.15) is 0 Å². The minimum absolute atomic E-state index is 0.225. The molecule has 0 spiro atoms. The lowest BCUT2D eigenvalue weighted by molar-refractivity contribution is -0.0289. The van der Waals surface area contributed by atoms with Gasteiger partial charge < -0.3 is 13.3 Å². The van der Waals surface area contributed by atoms with Gasteiger partial charge in [-0.1, -0.05) is 138 Å². The van der Waals surface area contributed by atoms with Crippen molar-refractivity contribution in [3.05, 3.63) is 0 Å². The molecular formula is C33H69ClO3Si. The Kier molecular flexibility index (Phi) is 27.8. The van der Waals surface area contributed by atoms with Crippen molar-refractivity contribution < 1.29 is 13.3 Å². The lowest BCUT2D eigenvalue weighted by Crippen LogP contribution is -2.52. The van der Waals surface area contributed by atoms with E-state index in [1.165, 1.54) is 96.3 Å². The van der Waals surface area contributed by atoms with Gasteiger partial charge in [-0.25, -0.2) is 0 Å². The van der Waals surface area contributed by atoms with Crippen LogP contribution in [-0.2, 0) is 13.3 Å². The van der Waals surface area contributed by atoms with Crippen LogP contribution in [0.25, 0.3) is 0 Å². The molecule has 0 amide bonds. The van der Waals surface area contributed by atoms with Crippen LogP contribution < -0.4 is 0 Å². The second kappa shape index (κ2) is 27.6. The predicted octanol–water partition coefficient (Wildman–Crippen LogP) is 12.0. The Labute approximate surface area is 246 Å². The fourth-order valence-corrected chi connectivity index (χ4v) is 9.14. The fraction of sp³-hybridized carbons (Fsp3) is 1.00. The van der Waals surface area contributed by atoms with Gasteiger partial charge in [0.25, 0.3) is 0 Å². The van der Waals surface area contributed by atoms with Gasteiger partial charge in [0.15, 0.2) is 0 Å². The molecule has 3 atom stereocenters. The van der Waals surface area contributed by atoms with Gasteiger partial charge in [-0.15, -0.1) is 11.6 Å². The van der Waals surface area contributed by atoms with Crippen LogP contribution in [0.3, 0.4) is 0 Å². The predicted molar refractivity (Wildman–Crippen MR) is 172 cm³/mol. The first-order valence-electron chi connectivity index (χ1n) is 17.1. The van der Waals surface area contributed by atoms with Gasteiger partial charge in [0, 0.05) is 30.2 Å². The number of hydrogen-bond donors (Lipinski definition) is 0. The fourth-order valence-electron chi connectivity index (χ4n) is 5.27. The Hall–Kier alpha value is 0.387. The van der Waals surface area contributed by atoms with Crippen molar-refractivity contribution in [2.24, 2.45) is 0 Å². The molecule has 38 heavy (non-hydrogen) atoms. The van der Waals surface area contributed by atoms with Crippen molar-refractivity contribution in [3.63, 3.8) is 0 Å². The molecule has 0 aromatic heterocycles. The maximum Gasteiger partial charge on any atom is 0.501 e.